The molecule has 1 unspecified atom stereocenters. The zero-order chi connectivity index (χ0) is 18.4. The van der Waals surface area contributed by atoms with Crippen LogP contribution >= 0.6 is 11.6 Å². The number of carboxylic acid groups (broad SMARTS) is 1. The summed E-state index contributed by atoms with van der Waals surface area (Å²) in [6.45, 7) is 3.36. The second-order valence-corrected chi connectivity index (χ2v) is 8.78. The Morgan fingerprint density at radius 1 is 1.32 bits per heavy atom. The first-order valence-electron chi connectivity index (χ1n) is 7.69. The van der Waals surface area contributed by atoms with Crippen LogP contribution in [0.1, 0.15) is 19.0 Å². The molecule has 1 fully saturated rings. The summed E-state index contributed by atoms with van der Waals surface area (Å²) in [5, 5.41) is 14.1. The van der Waals surface area contributed by atoms with Crippen LogP contribution in [-0.4, -0.2) is 46.7 Å². The molecule has 3 rings (SSSR count). The van der Waals surface area contributed by atoms with Gasteiger partial charge in [-0.05, 0) is 44.5 Å². The third kappa shape index (κ3) is 3.05. The van der Waals surface area contributed by atoms with Gasteiger partial charge in [-0.3, -0.25) is 4.79 Å². The minimum Gasteiger partial charge on any atom is -0.481 e. The molecule has 2 heterocycles. The van der Waals surface area contributed by atoms with E-state index in [9.17, 15) is 18.3 Å². The first-order valence-corrected chi connectivity index (χ1v) is 9.51. The Labute approximate surface area is 150 Å². The van der Waals surface area contributed by atoms with Crippen LogP contribution in [0.25, 0.3) is 5.69 Å². The molecule has 0 spiro atoms. The quantitative estimate of drug-likeness (QED) is 0.874. The molecular weight excluding hydrogens is 366 g/mol. The molecule has 134 valence electrons. The Kier molecular flexibility index (Phi) is 4.38. The lowest BCUT2D eigenvalue weighted by atomic mass is 9.90. The summed E-state index contributed by atoms with van der Waals surface area (Å²) >= 11 is 5.87. The number of halogens is 1. The molecule has 1 aromatic heterocycles. The normalized spacial score (nSPS) is 21.6. The van der Waals surface area contributed by atoms with Crippen molar-refractivity contribution in [3.8, 4) is 5.69 Å². The highest BCUT2D eigenvalue weighted by atomic mass is 35.5. The highest BCUT2D eigenvalue weighted by Gasteiger charge is 2.45. The molecule has 0 saturated carbocycles. The van der Waals surface area contributed by atoms with Gasteiger partial charge in [-0.15, -0.1) is 0 Å². The Balaban J connectivity index is 1.94. The zero-order valence-electron chi connectivity index (χ0n) is 13.8. The molecule has 1 aromatic carbocycles. The molecule has 1 saturated heterocycles. The minimum absolute atomic E-state index is 0.0454. The summed E-state index contributed by atoms with van der Waals surface area (Å²) in [6.07, 6.45) is 1.58. The van der Waals surface area contributed by atoms with Gasteiger partial charge >= 0.3 is 5.97 Å². The predicted molar refractivity (Wildman–Crippen MR) is 92.4 cm³/mol. The number of carboxylic acids is 1. The largest absolute Gasteiger partial charge is 0.481 e. The first-order chi connectivity index (χ1) is 11.6. The average molecular weight is 384 g/mol. The van der Waals surface area contributed by atoms with Crippen LogP contribution in [0, 0.1) is 12.3 Å². The summed E-state index contributed by atoms with van der Waals surface area (Å²) in [6, 6.07) is 6.89. The topological polar surface area (TPSA) is 92.5 Å². The fraction of sp³-hybridized carbons (Fsp3) is 0.375. The molecule has 1 N–H and O–H groups in total. The maximum absolute atomic E-state index is 12.9. The first kappa shape index (κ1) is 17.9. The van der Waals surface area contributed by atoms with Gasteiger partial charge < -0.3 is 5.11 Å². The molecule has 1 aliphatic rings. The van der Waals surface area contributed by atoms with Crippen molar-refractivity contribution in [1.29, 1.82) is 0 Å². The Hall–Kier alpha value is -1.90. The van der Waals surface area contributed by atoms with Crippen LogP contribution in [0.2, 0.25) is 5.02 Å². The second kappa shape index (κ2) is 6.12. The lowest BCUT2D eigenvalue weighted by Gasteiger charge is -2.19. The molecule has 9 heteroatoms. The van der Waals surface area contributed by atoms with Crippen LogP contribution < -0.4 is 0 Å². The third-order valence-electron chi connectivity index (χ3n) is 4.61. The fourth-order valence-electron chi connectivity index (χ4n) is 2.93. The monoisotopic (exact) mass is 383 g/mol. The summed E-state index contributed by atoms with van der Waals surface area (Å²) in [5.41, 5.74) is 0.0963. The van der Waals surface area contributed by atoms with Crippen LogP contribution in [0.4, 0.5) is 0 Å². The number of carbonyl (C=O) groups is 1. The SMILES string of the molecule is Cc1c(S(=O)(=O)N2CCC(C)(C(=O)O)C2)cnn1-c1ccc(Cl)cc1. The maximum Gasteiger partial charge on any atom is 0.310 e. The molecule has 1 aliphatic heterocycles. The molecule has 0 radical (unpaired) electrons. The van der Waals surface area contributed by atoms with E-state index in [1.807, 2.05) is 0 Å². The minimum atomic E-state index is -3.81. The Morgan fingerprint density at radius 2 is 1.96 bits per heavy atom. The lowest BCUT2D eigenvalue weighted by Crippen LogP contribution is -2.35. The zero-order valence-corrected chi connectivity index (χ0v) is 15.4. The third-order valence-corrected chi connectivity index (χ3v) is 6.81. The molecule has 2 aromatic rings. The van der Waals surface area contributed by atoms with Crippen LogP contribution in [-0.2, 0) is 14.8 Å². The van der Waals surface area contributed by atoms with E-state index in [4.69, 9.17) is 11.6 Å². The van der Waals surface area contributed by atoms with E-state index in [2.05, 4.69) is 5.10 Å². The standard InChI is InChI=1S/C16H18ClN3O4S/c1-11-14(9-18-20(11)13-5-3-12(17)4-6-13)25(23,24)19-8-7-16(2,10-19)15(21)22/h3-6,9H,7-8,10H2,1-2H3,(H,21,22). The number of nitrogens with zero attached hydrogens (tertiary/aromatic N) is 3. The van der Waals surface area contributed by atoms with Crippen molar-refractivity contribution in [1.82, 2.24) is 14.1 Å². The van der Waals surface area contributed by atoms with Crippen molar-refractivity contribution in [3.05, 3.63) is 41.2 Å². The fourth-order valence-corrected chi connectivity index (χ4v) is 4.76. The lowest BCUT2D eigenvalue weighted by molar-refractivity contribution is -0.146. The number of sulfonamides is 1. The van der Waals surface area contributed by atoms with E-state index >= 15 is 0 Å². The smallest absolute Gasteiger partial charge is 0.310 e. The van der Waals surface area contributed by atoms with Crippen molar-refractivity contribution in [3.63, 3.8) is 0 Å². The number of hydrogen-bond acceptors (Lipinski definition) is 4. The maximum atomic E-state index is 12.9. The molecule has 1 atom stereocenters. The number of aromatic nitrogens is 2. The number of aliphatic carboxylic acids is 1. The second-order valence-electron chi connectivity index (χ2n) is 6.44. The summed E-state index contributed by atoms with van der Waals surface area (Å²) in [5.74, 6) is -0.987. The molecule has 0 aliphatic carbocycles. The van der Waals surface area contributed by atoms with Crippen LogP contribution in [0.5, 0.6) is 0 Å². The van der Waals surface area contributed by atoms with Crippen LogP contribution in [0.3, 0.4) is 0 Å². The van der Waals surface area contributed by atoms with Gasteiger partial charge in [0.25, 0.3) is 0 Å². The molecule has 25 heavy (non-hydrogen) atoms. The number of benzene rings is 1. The average Bonchev–Trinajstić information content (AvgIpc) is 3.13. The highest BCUT2D eigenvalue weighted by Crippen LogP contribution is 2.34. The van der Waals surface area contributed by atoms with Gasteiger partial charge in [0.2, 0.25) is 10.0 Å². The molecule has 0 amide bonds. The van der Waals surface area contributed by atoms with Crippen molar-refractivity contribution in [2.24, 2.45) is 5.41 Å². The summed E-state index contributed by atoms with van der Waals surface area (Å²) < 4.78 is 28.6. The van der Waals surface area contributed by atoms with Crippen molar-refractivity contribution in [2.75, 3.05) is 13.1 Å². The van der Waals surface area contributed by atoms with Crippen molar-refractivity contribution in [2.45, 2.75) is 25.2 Å². The number of rotatable bonds is 4. The van der Waals surface area contributed by atoms with E-state index in [1.54, 1.807) is 38.1 Å². The van der Waals surface area contributed by atoms with E-state index in [1.165, 1.54) is 15.2 Å². The van der Waals surface area contributed by atoms with Gasteiger partial charge in [0.05, 0.1) is 23.0 Å². The van der Waals surface area contributed by atoms with Crippen molar-refractivity contribution < 1.29 is 18.3 Å². The van der Waals surface area contributed by atoms with Gasteiger partial charge in [-0.25, -0.2) is 13.1 Å². The van der Waals surface area contributed by atoms with Gasteiger partial charge in [0.1, 0.15) is 4.90 Å². The van der Waals surface area contributed by atoms with Crippen molar-refractivity contribution >= 4 is 27.6 Å². The Bertz CT molecular complexity index is 923. The Morgan fingerprint density at radius 3 is 2.52 bits per heavy atom. The molecular formula is C16H18ClN3O4S. The summed E-state index contributed by atoms with van der Waals surface area (Å²) in [7, 11) is -3.81. The van der Waals surface area contributed by atoms with Gasteiger partial charge in [0.15, 0.2) is 0 Å². The molecule has 0 bridgehead atoms. The van der Waals surface area contributed by atoms with Gasteiger partial charge in [-0.2, -0.15) is 9.40 Å². The van der Waals surface area contributed by atoms with E-state index in [0.717, 1.165) is 0 Å². The van der Waals surface area contributed by atoms with E-state index in [-0.39, 0.29) is 24.4 Å². The summed E-state index contributed by atoms with van der Waals surface area (Å²) in [4.78, 5) is 11.4. The van der Waals surface area contributed by atoms with Crippen LogP contribution in [0.15, 0.2) is 35.4 Å². The van der Waals surface area contributed by atoms with E-state index in [0.29, 0.717) is 16.4 Å². The van der Waals surface area contributed by atoms with E-state index < -0.39 is 21.4 Å². The predicted octanol–water partition coefficient (Wildman–Crippen LogP) is 2.32. The number of hydrogen-bond donors (Lipinski definition) is 1. The van der Waals surface area contributed by atoms with Gasteiger partial charge in [-0.1, -0.05) is 11.6 Å². The molecule has 7 nitrogen and oxygen atoms in total. The van der Waals surface area contributed by atoms with Gasteiger partial charge in [0, 0.05) is 18.1 Å². The highest BCUT2D eigenvalue weighted by molar-refractivity contribution is 7.89.